The number of rotatable bonds is 9. The number of fused-ring (bicyclic) bond motifs is 1. The van der Waals surface area contributed by atoms with E-state index in [9.17, 15) is 14.0 Å². The Morgan fingerprint density at radius 1 is 0.925 bits per heavy atom. The van der Waals surface area contributed by atoms with Crippen molar-refractivity contribution in [1.29, 1.82) is 0 Å². The van der Waals surface area contributed by atoms with Crippen molar-refractivity contribution >= 4 is 22.9 Å². The fourth-order valence-corrected chi connectivity index (χ4v) is 5.89. The zero-order valence-corrected chi connectivity index (χ0v) is 22.8. The van der Waals surface area contributed by atoms with Crippen molar-refractivity contribution in [3.05, 3.63) is 108 Å². The molecule has 1 aliphatic carbocycles. The molecular formula is C33H36FN3O3. The van der Waals surface area contributed by atoms with Crippen molar-refractivity contribution in [3.63, 3.8) is 0 Å². The van der Waals surface area contributed by atoms with E-state index in [0.29, 0.717) is 6.54 Å². The van der Waals surface area contributed by atoms with Crippen LogP contribution in [0.25, 0.3) is 10.9 Å². The summed E-state index contributed by atoms with van der Waals surface area (Å²) in [5.74, 6) is -0.741. The lowest BCUT2D eigenvalue weighted by Crippen LogP contribution is -2.59. The smallest absolute Gasteiger partial charge is 0.408 e. The number of hydrogen-bond donors (Lipinski definition) is 3. The zero-order valence-electron chi connectivity index (χ0n) is 22.8. The number of aromatic nitrogens is 1. The van der Waals surface area contributed by atoms with Gasteiger partial charge in [0.15, 0.2) is 0 Å². The minimum Gasteiger partial charge on any atom is -0.445 e. The van der Waals surface area contributed by atoms with Gasteiger partial charge in [-0.15, -0.1) is 0 Å². The topological polar surface area (TPSA) is 83.2 Å². The van der Waals surface area contributed by atoms with Gasteiger partial charge in [-0.05, 0) is 43.0 Å². The predicted molar refractivity (Wildman–Crippen MR) is 154 cm³/mol. The molecule has 1 heterocycles. The summed E-state index contributed by atoms with van der Waals surface area (Å²) in [6.45, 7) is 1.95. The predicted octanol–water partition coefficient (Wildman–Crippen LogP) is 6.55. The first-order valence-corrected chi connectivity index (χ1v) is 14.0. The molecule has 7 heteroatoms. The largest absolute Gasteiger partial charge is 0.445 e. The quantitative estimate of drug-likeness (QED) is 0.225. The van der Waals surface area contributed by atoms with Crippen molar-refractivity contribution < 1.29 is 18.7 Å². The molecule has 2 amide bonds. The number of benzene rings is 3. The fourth-order valence-electron chi connectivity index (χ4n) is 5.89. The van der Waals surface area contributed by atoms with Gasteiger partial charge in [0.25, 0.3) is 0 Å². The Bertz CT molecular complexity index is 1460. The van der Waals surface area contributed by atoms with Gasteiger partial charge >= 0.3 is 6.09 Å². The average molecular weight is 542 g/mol. The summed E-state index contributed by atoms with van der Waals surface area (Å²) in [4.78, 5) is 30.2. The Balaban J connectivity index is 1.36. The van der Waals surface area contributed by atoms with E-state index in [1.807, 2.05) is 48.7 Å². The van der Waals surface area contributed by atoms with Gasteiger partial charge in [0.05, 0.1) is 0 Å². The van der Waals surface area contributed by atoms with Gasteiger partial charge in [0, 0.05) is 41.0 Å². The Morgan fingerprint density at radius 3 is 2.40 bits per heavy atom. The molecule has 1 aliphatic rings. The number of carbonyl (C=O) groups excluding carboxylic acids is 2. The monoisotopic (exact) mass is 541 g/mol. The summed E-state index contributed by atoms with van der Waals surface area (Å²) in [5, 5.41) is 7.00. The van der Waals surface area contributed by atoms with Crippen molar-refractivity contribution in [3.8, 4) is 0 Å². The van der Waals surface area contributed by atoms with Gasteiger partial charge < -0.3 is 20.4 Å². The van der Waals surface area contributed by atoms with E-state index in [1.165, 1.54) is 18.1 Å². The number of halogens is 1. The highest BCUT2D eigenvalue weighted by Gasteiger charge is 2.40. The maximum Gasteiger partial charge on any atom is 0.408 e. The van der Waals surface area contributed by atoms with Crippen LogP contribution in [0.15, 0.2) is 85.1 Å². The summed E-state index contributed by atoms with van der Waals surface area (Å²) in [6.07, 6.45) is 6.73. The number of H-pyrrole nitrogens is 1. The van der Waals surface area contributed by atoms with Crippen LogP contribution in [0, 0.1) is 5.82 Å². The van der Waals surface area contributed by atoms with E-state index in [1.54, 1.807) is 25.1 Å². The maximum atomic E-state index is 14.1. The number of para-hydroxylation sites is 1. The summed E-state index contributed by atoms with van der Waals surface area (Å²) in [5.41, 5.74) is 1.88. The van der Waals surface area contributed by atoms with Gasteiger partial charge in [0.2, 0.25) is 5.91 Å². The van der Waals surface area contributed by atoms with Crippen LogP contribution in [0.3, 0.4) is 0 Å². The van der Waals surface area contributed by atoms with E-state index in [0.717, 1.165) is 42.1 Å². The molecule has 40 heavy (non-hydrogen) atoms. The summed E-state index contributed by atoms with van der Waals surface area (Å²) >= 11 is 0. The molecule has 1 saturated carbocycles. The third kappa shape index (κ3) is 6.03. The Morgan fingerprint density at radius 2 is 1.62 bits per heavy atom. The number of aromatic amines is 1. The first kappa shape index (κ1) is 27.4. The molecule has 0 spiro atoms. The number of ether oxygens (including phenoxy) is 1. The number of carbonyl (C=O) groups is 2. The molecule has 0 radical (unpaired) electrons. The van der Waals surface area contributed by atoms with Gasteiger partial charge in [-0.2, -0.15) is 0 Å². The molecule has 0 aliphatic heterocycles. The Labute approximate surface area is 234 Å². The molecule has 1 atom stereocenters. The molecule has 0 bridgehead atoms. The fraction of sp³-hybridized carbons (Fsp3) is 0.333. The van der Waals surface area contributed by atoms with Crippen molar-refractivity contribution in [1.82, 2.24) is 15.6 Å². The summed E-state index contributed by atoms with van der Waals surface area (Å²) in [7, 11) is 0. The van der Waals surface area contributed by atoms with Crippen molar-refractivity contribution in [2.24, 2.45) is 0 Å². The maximum absolute atomic E-state index is 14.1. The zero-order chi connectivity index (χ0) is 28.0. The highest BCUT2D eigenvalue weighted by molar-refractivity contribution is 5.91. The average Bonchev–Trinajstić information content (AvgIpc) is 3.38. The van der Waals surface area contributed by atoms with Crippen LogP contribution >= 0.6 is 0 Å². The van der Waals surface area contributed by atoms with Crippen LogP contribution in [-0.4, -0.2) is 29.1 Å². The van der Waals surface area contributed by atoms with Crippen LogP contribution in [0.1, 0.15) is 55.7 Å². The molecular weight excluding hydrogens is 505 g/mol. The minimum atomic E-state index is -1.32. The molecule has 1 unspecified atom stereocenters. The normalized spacial score (nSPS) is 16.1. The number of nitrogens with one attached hydrogen (secondary N) is 3. The lowest BCUT2D eigenvalue weighted by Gasteiger charge is -2.39. The number of amides is 2. The van der Waals surface area contributed by atoms with Crippen LogP contribution in [0.2, 0.25) is 0 Å². The lowest BCUT2D eigenvalue weighted by molar-refractivity contribution is -0.127. The van der Waals surface area contributed by atoms with Crippen LogP contribution in [-0.2, 0) is 28.0 Å². The molecule has 3 N–H and O–H groups in total. The molecule has 6 nitrogen and oxygen atoms in total. The summed E-state index contributed by atoms with van der Waals surface area (Å²) < 4.78 is 19.4. The molecule has 5 rings (SSSR count). The van der Waals surface area contributed by atoms with E-state index in [2.05, 4.69) is 27.8 Å². The molecule has 4 aromatic rings. The standard InChI is InChI=1S/C33H36FN3O3/c1-32(20-25-21-35-29-17-9-7-15-27(25)29,37-31(39)40-22-24-12-6-8-16-28(24)34)30(38)36-23-33(18-10-3-11-19-33)26-13-4-2-5-14-26/h2,4-9,12-17,21,35H,3,10-11,18-20,22-23H2,1H3,(H,36,38)(H,37,39). The second-order valence-electron chi connectivity index (χ2n) is 11.1. The first-order chi connectivity index (χ1) is 19.4. The van der Waals surface area contributed by atoms with Crippen molar-refractivity contribution in [2.75, 3.05) is 6.54 Å². The van der Waals surface area contributed by atoms with Crippen LogP contribution < -0.4 is 10.6 Å². The molecule has 1 aromatic heterocycles. The minimum absolute atomic E-state index is 0.151. The van der Waals surface area contributed by atoms with Crippen molar-refractivity contribution in [2.45, 2.75) is 63.0 Å². The molecule has 0 saturated heterocycles. The highest BCUT2D eigenvalue weighted by atomic mass is 19.1. The molecule has 208 valence electrons. The van der Waals surface area contributed by atoms with Crippen LogP contribution in [0.4, 0.5) is 9.18 Å². The highest BCUT2D eigenvalue weighted by Crippen LogP contribution is 2.39. The van der Waals surface area contributed by atoms with E-state index < -0.39 is 17.4 Å². The van der Waals surface area contributed by atoms with E-state index >= 15 is 0 Å². The lowest BCUT2D eigenvalue weighted by atomic mass is 9.69. The molecule has 3 aromatic carbocycles. The first-order valence-electron chi connectivity index (χ1n) is 14.0. The SMILES string of the molecule is CC(Cc1c[nH]c2ccccc12)(NC(=O)OCc1ccccc1F)C(=O)NCC1(c2ccccc2)CCCCC1. The van der Waals surface area contributed by atoms with Gasteiger partial charge in [-0.3, -0.25) is 4.79 Å². The Hall–Kier alpha value is -4.13. The number of hydrogen-bond acceptors (Lipinski definition) is 3. The second kappa shape index (κ2) is 11.9. The van der Waals surface area contributed by atoms with E-state index in [-0.39, 0.29) is 29.9 Å². The second-order valence-corrected chi connectivity index (χ2v) is 11.1. The molecule has 1 fully saturated rings. The van der Waals surface area contributed by atoms with E-state index in [4.69, 9.17) is 4.74 Å². The van der Waals surface area contributed by atoms with Gasteiger partial charge in [-0.1, -0.05) is 86.0 Å². The van der Waals surface area contributed by atoms with Gasteiger partial charge in [0.1, 0.15) is 18.0 Å². The third-order valence-electron chi connectivity index (χ3n) is 8.20. The number of alkyl carbamates (subject to hydrolysis) is 1. The Kier molecular flexibility index (Phi) is 8.19. The van der Waals surface area contributed by atoms with Crippen LogP contribution in [0.5, 0.6) is 0 Å². The summed E-state index contributed by atoms with van der Waals surface area (Å²) in [6, 6.07) is 24.4. The third-order valence-corrected chi connectivity index (χ3v) is 8.20. The van der Waals surface area contributed by atoms with Gasteiger partial charge in [-0.25, -0.2) is 9.18 Å².